The van der Waals surface area contributed by atoms with Crippen LogP contribution in [-0.4, -0.2) is 97.4 Å². The van der Waals surface area contributed by atoms with E-state index in [9.17, 15) is 32.4 Å². The van der Waals surface area contributed by atoms with Crippen LogP contribution < -0.4 is 16.0 Å². The molecule has 5 amide bonds. The van der Waals surface area contributed by atoms with Gasteiger partial charge in [-0.05, 0) is 55.7 Å². The Hall–Kier alpha value is -4.30. The van der Waals surface area contributed by atoms with E-state index in [4.69, 9.17) is 5.73 Å². The summed E-state index contributed by atoms with van der Waals surface area (Å²) >= 11 is 0. The van der Waals surface area contributed by atoms with Crippen molar-refractivity contribution < 1.29 is 32.4 Å². The lowest BCUT2D eigenvalue weighted by Crippen LogP contribution is -2.54. The molecule has 13 nitrogen and oxygen atoms in total. The van der Waals surface area contributed by atoms with E-state index in [1.54, 1.807) is 35.2 Å². The molecular weight excluding hydrogens is 576 g/mol. The third-order valence-electron chi connectivity index (χ3n) is 8.70. The third kappa shape index (κ3) is 5.14. The van der Waals surface area contributed by atoms with Gasteiger partial charge in [0.05, 0.1) is 21.7 Å². The predicted octanol–water partition coefficient (Wildman–Crippen LogP) is 0.420. The Morgan fingerprint density at radius 3 is 2.16 bits per heavy atom. The van der Waals surface area contributed by atoms with Gasteiger partial charge >= 0.3 is 0 Å². The van der Waals surface area contributed by atoms with Crippen molar-refractivity contribution in [2.24, 2.45) is 5.92 Å². The van der Waals surface area contributed by atoms with E-state index in [2.05, 4.69) is 5.32 Å². The molecule has 0 aromatic heterocycles. The van der Waals surface area contributed by atoms with Crippen LogP contribution in [0.2, 0.25) is 0 Å². The maximum absolute atomic E-state index is 13.5. The Morgan fingerprint density at radius 2 is 1.51 bits per heavy atom. The summed E-state index contributed by atoms with van der Waals surface area (Å²) in [5.74, 6) is -2.46. The SMILES string of the molecule is Nc1ccc(S(=O)(=O)N2CCN(C(=O)C3CCN(c4cccc5c4C(=O)N(C4CCC(=O)NC4=O)C5=O)CC3)CC2)cc1. The predicted molar refractivity (Wildman–Crippen MR) is 154 cm³/mol. The Labute approximate surface area is 248 Å². The Bertz CT molecular complexity index is 1610. The van der Waals surface area contributed by atoms with Crippen molar-refractivity contribution in [2.45, 2.75) is 36.6 Å². The highest BCUT2D eigenvalue weighted by Gasteiger charge is 2.46. The molecule has 2 aromatic rings. The first-order valence-corrected chi connectivity index (χ1v) is 15.7. The highest BCUT2D eigenvalue weighted by atomic mass is 32.2. The summed E-state index contributed by atoms with van der Waals surface area (Å²) in [7, 11) is -3.68. The Kier molecular flexibility index (Phi) is 7.42. The van der Waals surface area contributed by atoms with Crippen molar-refractivity contribution in [1.82, 2.24) is 19.4 Å². The van der Waals surface area contributed by atoms with Crippen LogP contribution in [0.1, 0.15) is 46.4 Å². The number of sulfonamides is 1. The summed E-state index contributed by atoms with van der Waals surface area (Å²) in [6.07, 6.45) is 1.20. The molecule has 0 saturated carbocycles. The van der Waals surface area contributed by atoms with Gasteiger partial charge in [-0.15, -0.1) is 0 Å². The summed E-state index contributed by atoms with van der Waals surface area (Å²) in [6.45, 7) is 1.97. The summed E-state index contributed by atoms with van der Waals surface area (Å²) in [6, 6.07) is 10.0. The maximum atomic E-state index is 13.5. The molecular formula is C29H32N6O7S. The molecule has 3 saturated heterocycles. The number of benzene rings is 2. The number of nitrogens with two attached hydrogens (primary N) is 1. The molecule has 3 N–H and O–H groups in total. The van der Waals surface area contributed by atoms with Crippen molar-refractivity contribution in [3.63, 3.8) is 0 Å². The largest absolute Gasteiger partial charge is 0.399 e. The number of hydrogen-bond donors (Lipinski definition) is 2. The van der Waals surface area contributed by atoms with Gasteiger partial charge in [-0.1, -0.05) is 6.07 Å². The van der Waals surface area contributed by atoms with Crippen LogP contribution in [0.3, 0.4) is 0 Å². The average molecular weight is 609 g/mol. The van der Waals surface area contributed by atoms with E-state index < -0.39 is 39.7 Å². The summed E-state index contributed by atoms with van der Waals surface area (Å²) in [4.78, 5) is 68.9. The van der Waals surface area contributed by atoms with E-state index in [-0.39, 0.29) is 53.8 Å². The van der Waals surface area contributed by atoms with Gasteiger partial charge in [0.2, 0.25) is 27.7 Å². The number of anilines is 2. The third-order valence-corrected chi connectivity index (χ3v) is 10.6. The minimum absolute atomic E-state index is 0.0160. The molecule has 3 fully saturated rings. The number of carbonyl (C=O) groups is 5. The molecule has 0 aliphatic carbocycles. The van der Waals surface area contributed by atoms with Gasteiger partial charge in [-0.25, -0.2) is 8.42 Å². The topological polar surface area (TPSA) is 170 Å². The zero-order chi connectivity index (χ0) is 30.5. The van der Waals surface area contributed by atoms with Gasteiger partial charge in [-0.2, -0.15) is 4.31 Å². The first-order chi connectivity index (χ1) is 20.6. The minimum Gasteiger partial charge on any atom is -0.399 e. The second-order valence-corrected chi connectivity index (χ2v) is 13.1. The smallest absolute Gasteiger partial charge is 0.264 e. The molecule has 1 atom stereocenters. The van der Waals surface area contributed by atoms with E-state index in [1.165, 1.54) is 16.4 Å². The molecule has 0 bridgehead atoms. The van der Waals surface area contributed by atoms with Crippen LogP contribution in [0.25, 0.3) is 0 Å². The molecule has 4 aliphatic rings. The van der Waals surface area contributed by atoms with Crippen LogP contribution in [0.15, 0.2) is 47.4 Å². The highest BCUT2D eigenvalue weighted by molar-refractivity contribution is 7.89. The quantitative estimate of drug-likeness (QED) is 0.361. The number of imide groups is 2. The van der Waals surface area contributed by atoms with Crippen molar-refractivity contribution in [1.29, 1.82) is 0 Å². The van der Waals surface area contributed by atoms with E-state index >= 15 is 0 Å². The van der Waals surface area contributed by atoms with E-state index in [1.807, 2.05) is 4.90 Å². The minimum atomic E-state index is -3.68. The lowest BCUT2D eigenvalue weighted by Gasteiger charge is -2.39. The zero-order valence-corrected chi connectivity index (χ0v) is 24.2. The standard InChI is InChI=1S/C29H32N6O7S/c30-19-4-6-20(7-5-19)43(41,42)34-16-14-33(15-17-34)27(38)18-10-12-32(13-11-18)22-3-1-2-21-25(22)29(40)35(28(21)39)23-8-9-24(36)31-26(23)37/h1-7,18,23H,8-17,30H2,(H,31,36,37). The van der Waals surface area contributed by atoms with Crippen molar-refractivity contribution in [2.75, 3.05) is 49.9 Å². The second kappa shape index (κ2) is 11.1. The summed E-state index contributed by atoms with van der Waals surface area (Å²) in [5.41, 5.74) is 7.20. The van der Waals surface area contributed by atoms with E-state index in [0.717, 1.165) is 4.90 Å². The number of piperidine rings is 2. The first-order valence-electron chi connectivity index (χ1n) is 14.3. The number of nitrogen functional groups attached to an aromatic ring is 1. The fourth-order valence-corrected chi connectivity index (χ4v) is 7.75. The normalized spacial score (nSPS) is 22.1. The van der Waals surface area contributed by atoms with Gasteiger partial charge in [0.15, 0.2) is 0 Å². The monoisotopic (exact) mass is 608 g/mol. The van der Waals surface area contributed by atoms with Crippen molar-refractivity contribution >= 4 is 50.9 Å². The number of fused-ring (bicyclic) bond motifs is 1. The molecule has 4 heterocycles. The number of carbonyl (C=O) groups excluding carboxylic acids is 5. The fourth-order valence-electron chi connectivity index (χ4n) is 6.32. The molecule has 226 valence electrons. The molecule has 14 heteroatoms. The van der Waals surface area contributed by atoms with Crippen molar-refractivity contribution in [3.05, 3.63) is 53.6 Å². The number of amides is 5. The van der Waals surface area contributed by atoms with Crippen LogP contribution in [0, 0.1) is 5.92 Å². The van der Waals surface area contributed by atoms with Gasteiger partial charge in [0.25, 0.3) is 11.8 Å². The first kappa shape index (κ1) is 28.8. The number of nitrogens with one attached hydrogen (secondary N) is 1. The van der Waals surface area contributed by atoms with Crippen LogP contribution in [0.5, 0.6) is 0 Å². The zero-order valence-electron chi connectivity index (χ0n) is 23.4. The highest BCUT2D eigenvalue weighted by Crippen LogP contribution is 2.36. The Morgan fingerprint density at radius 1 is 0.837 bits per heavy atom. The molecule has 0 spiro atoms. The number of piperazine rings is 1. The van der Waals surface area contributed by atoms with Crippen LogP contribution in [-0.2, 0) is 24.4 Å². The average Bonchev–Trinajstić information content (AvgIpc) is 3.26. The summed E-state index contributed by atoms with van der Waals surface area (Å²) < 4.78 is 27.4. The van der Waals surface area contributed by atoms with Crippen LogP contribution in [0.4, 0.5) is 11.4 Å². The summed E-state index contributed by atoms with van der Waals surface area (Å²) in [5, 5.41) is 2.21. The lowest BCUT2D eigenvalue weighted by atomic mass is 9.93. The number of nitrogens with zero attached hydrogens (tertiary/aromatic N) is 4. The van der Waals surface area contributed by atoms with E-state index in [0.29, 0.717) is 50.4 Å². The maximum Gasteiger partial charge on any atom is 0.264 e. The Balaban J connectivity index is 1.08. The molecule has 6 rings (SSSR count). The number of hydrogen-bond acceptors (Lipinski definition) is 9. The van der Waals surface area contributed by atoms with Gasteiger partial charge in [0.1, 0.15) is 6.04 Å². The second-order valence-electron chi connectivity index (χ2n) is 11.2. The molecule has 1 unspecified atom stereocenters. The molecule has 43 heavy (non-hydrogen) atoms. The molecule has 0 radical (unpaired) electrons. The molecule has 4 aliphatic heterocycles. The van der Waals surface area contributed by atoms with Gasteiger partial charge < -0.3 is 15.5 Å². The van der Waals surface area contributed by atoms with Gasteiger partial charge in [-0.3, -0.25) is 34.2 Å². The van der Waals surface area contributed by atoms with Gasteiger partial charge in [0, 0.05) is 57.3 Å². The fraction of sp³-hybridized carbons (Fsp3) is 0.414. The van der Waals surface area contributed by atoms with Crippen LogP contribution >= 0.6 is 0 Å². The number of rotatable bonds is 5. The lowest BCUT2D eigenvalue weighted by molar-refractivity contribution is -0.138. The van der Waals surface area contributed by atoms with Crippen molar-refractivity contribution in [3.8, 4) is 0 Å². The molecule has 2 aromatic carbocycles.